The first-order chi connectivity index (χ1) is 14.3. The van der Waals surface area contributed by atoms with Crippen LogP contribution in [0.2, 0.25) is 0 Å². The van der Waals surface area contributed by atoms with Gasteiger partial charge in [0, 0.05) is 29.2 Å². The molecular weight excluding hydrogens is 472 g/mol. The maximum absolute atomic E-state index is 12.1. The molecule has 1 amide bonds. The first kappa shape index (κ1) is 21.7. The average Bonchev–Trinajstić information content (AvgIpc) is 3.11. The van der Waals surface area contributed by atoms with Gasteiger partial charge in [-0.1, -0.05) is 39.8 Å². The van der Waals surface area contributed by atoms with Crippen LogP contribution in [0.25, 0.3) is 11.4 Å². The number of halogens is 1. The van der Waals surface area contributed by atoms with Crippen LogP contribution < -0.4 is 5.43 Å². The van der Waals surface area contributed by atoms with Gasteiger partial charge in [0.2, 0.25) is 0 Å². The van der Waals surface area contributed by atoms with Crippen molar-refractivity contribution in [3.63, 3.8) is 0 Å². The number of rotatable bonds is 7. The van der Waals surface area contributed by atoms with E-state index in [4.69, 9.17) is 0 Å². The molecule has 0 atom stereocenters. The zero-order valence-corrected chi connectivity index (χ0v) is 18.5. The maximum Gasteiger partial charge on any atom is 0.269 e. The lowest BCUT2D eigenvalue weighted by molar-refractivity contribution is -0.384. The Bertz CT molecular complexity index is 1100. The van der Waals surface area contributed by atoms with Gasteiger partial charge in [0.25, 0.3) is 11.6 Å². The quantitative estimate of drug-likeness (QED) is 0.234. The van der Waals surface area contributed by atoms with E-state index in [1.54, 1.807) is 19.1 Å². The third-order valence-corrected chi connectivity index (χ3v) is 5.66. The molecule has 0 spiro atoms. The van der Waals surface area contributed by atoms with Crippen molar-refractivity contribution >= 4 is 45.0 Å². The minimum Gasteiger partial charge on any atom is -0.305 e. The molecule has 1 N–H and O–H groups in total. The Morgan fingerprint density at radius 3 is 2.50 bits per heavy atom. The Hall–Kier alpha value is -3.05. The van der Waals surface area contributed by atoms with Gasteiger partial charge in [-0.15, -0.1) is 10.2 Å². The van der Waals surface area contributed by atoms with Gasteiger partial charge in [0.15, 0.2) is 11.0 Å². The van der Waals surface area contributed by atoms with Crippen molar-refractivity contribution in [1.29, 1.82) is 0 Å². The number of nitrogens with one attached hydrogen (secondary N) is 1. The molecule has 0 aliphatic carbocycles. The molecule has 3 aromatic rings. The zero-order chi connectivity index (χ0) is 21.7. The number of aromatic nitrogens is 3. The van der Waals surface area contributed by atoms with Crippen molar-refractivity contribution in [3.05, 3.63) is 68.7 Å². The van der Waals surface area contributed by atoms with Crippen molar-refractivity contribution < 1.29 is 9.72 Å². The second-order valence-corrected chi connectivity index (χ2v) is 8.06. The molecule has 1 aromatic heterocycles. The van der Waals surface area contributed by atoms with E-state index in [0.29, 0.717) is 22.3 Å². The standard InChI is InChI=1S/C19H17BrN6O3S/c1-12(13-5-9-16(10-6-13)26(28)29)21-22-17(27)11-30-19-24-23-18(25(19)2)14-3-7-15(20)8-4-14/h3-10H,11H2,1-2H3,(H,22,27)/b21-12+. The number of nitro benzene ring substituents is 1. The van der Waals surface area contributed by atoms with Crippen LogP contribution in [0.3, 0.4) is 0 Å². The summed E-state index contributed by atoms with van der Waals surface area (Å²) in [6.07, 6.45) is 0. The zero-order valence-electron chi connectivity index (χ0n) is 16.1. The summed E-state index contributed by atoms with van der Waals surface area (Å²) in [5.41, 5.74) is 4.63. The lowest BCUT2D eigenvalue weighted by atomic mass is 10.1. The molecule has 0 saturated carbocycles. The highest BCUT2D eigenvalue weighted by molar-refractivity contribution is 9.10. The smallest absolute Gasteiger partial charge is 0.269 e. The van der Waals surface area contributed by atoms with Crippen molar-refractivity contribution in [2.45, 2.75) is 12.1 Å². The van der Waals surface area contributed by atoms with E-state index >= 15 is 0 Å². The Labute approximate surface area is 184 Å². The van der Waals surface area contributed by atoms with E-state index < -0.39 is 4.92 Å². The topological polar surface area (TPSA) is 115 Å². The van der Waals surface area contributed by atoms with Crippen molar-refractivity contribution in [1.82, 2.24) is 20.2 Å². The monoisotopic (exact) mass is 488 g/mol. The van der Waals surface area contributed by atoms with Crippen LogP contribution >= 0.6 is 27.7 Å². The summed E-state index contributed by atoms with van der Waals surface area (Å²) in [5, 5.41) is 23.7. The van der Waals surface area contributed by atoms with Gasteiger partial charge in [0.1, 0.15) is 0 Å². The number of hydrazone groups is 1. The summed E-state index contributed by atoms with van der Waals surface area (Å²) in [4.78, 5) is 22.4. The average molecular weight is 489 g/mol. The van der Waals surface area contributed by atoms with Crippen LogP contribution in [0.15, 0.2) is 63.3 Å². The SMILES string of the molecule is C/C(=N\NC(=O)CSc1nnc(-c2ccc(Br)cc2)n1C)c1ccc([N+](=O)[O-])cc1. The minimum absolute atomic E-state index is 0.00170. The molecule has 1 heterocycles. The van der Waals surface area contributed by atoms with Crippen LogP contribution in [0, 0.1) is 10.1 Å². The number of hydrogen-bond acceptors (Lipinski definition) is 7. The minimum atomic E-state index is -0.468. The summed E-state index contributed by atoms with van der Waals surface area (Å²) in [5.74, 6) is 0.524. The summed E-state index contributed by atoms with van der Waals surface area (Å²) < 4.78 is 2.80. The molecule has 0 fully saturated rings. The van der Waals surface area contributed by atoms with Crippen molar-refractivity contribution in [2.24, 2.45) is 12.1 Å². The third kappa shape index (κ3) is 5.30. The van der Waals surface area contributed by atoms with Crippen LogP contribution in [0.4, 0.5) is 5.69 Å². The molecule has 9 nitrogen and oxygen atoms in total. The Kier molecular flexibility index (Phi) is 6.95. The molecule has 3 rings (SSSR count). The fourth-order valence-electron chi connectivity index (χ4n) is 2.49. The fourth-order valence-corrected chi connectivity index (χ4v) is 3.46. The molecule has 0 unspecified atom stereocenters. The number of carbonyl (C=O) groups is 1. The third-order valence-electron chi connectivity index (χ3n) is 4.11. The van der Waals surface area contributed by atoms with E-state index in [2.05, 4.69) is 36.7 Å². The normalized spacial score (nSPS) is 11.4. The largest absolute Gasteiger partial charge is 0.305 e. The highest BCUT2D eigenvalue weighted by atomic mass is 79.9. The second-order valence-electron chi connectivity index (χ2n) is 6.20. The lowest BCUT2D eigenvalue weighted by Gasteiger charge is -2.05. The summed E-state index contributed by atoms with van der Waals surface area (Å²) in [7, 11) is 1.84. The molecule has 0 aliphatic heterocycles. The predicted octanol–water partition coefficient (Wildman–Crippen LogP) is 3.79. The van der Waals surface area contributed by atoms with Gasteiger partial charge in [0.05, 0.1) is 16.4 Å². The number of non-ortho nitro benzene ring substituents is 1. The molecule has 11 heteroatoms. The summed E-state index contributed by atoms with van der Waals surface area (Å²) in [6.45, 7) is 1.71. The molecule has 0 bridgehead atoms. The van der Waals surface area contributed by atoms with E-state index in [1.807, 2.05) is 35.9 Å². The van der Waals surface area contributed by atoms with Gasteiger partial charge in [-0.2, -0.15) is 5.10 Å². The fraction of sp³-hybridized carbons (Fsp3) is 0.158. The van der Waals surface area contributed by atoms with Crippen molar-refractivity contribution in [3.8, 4) is 11.4 Å². The Morgan fingerprint density at radius 2 is 1.87 bits per heavy atom. The van der Waals surface area contributed by atoms with E-state index in [0.717, 1.165) is 10.0 Å². The number of nitrogens with zero attached hydrogens (tertiary/aromatic N) is 5. The first-order valence-electron chi connectivity index (χ1n) is 8.71. The molecule has 0 aliphatic rings. The van der Waals surface area contributed by atoms with Gasteiger partial charge in [-0.05, 0) is 36.8 Å². The molecule has 154 valence electrons. The number of benzene rings is 2. The number of nitro groups is 1. The van der Waals surface area contributed by atoms with Gasteiger partial charge >= 0.3 is 0 Å². The van der Waals surface area contributed by atoms with Crippen LogP contribution in [0.1, 0.15) is 12.5 Å². The first-order valence-corrected chi connectivity index (χ1v) is 10.5. The molecule has 0 saturated heterocycles. The molecular formula is C19H17BrN6O3S. The maximum atomic E-state index is 12.1. The van der Waals surface area contributed by atoms with Crippen LogP contribution in [-0.4, -0.2) is 37.1 Å². The van der Waals surface area contributed by atoms with Crippen LogP contribution in [-0.2, 0) is 11.8 Å². The summed E-state index contributed by atoms with van der Waals surface area (Å²) in [6, 6.07) is 13.7. The van der Waals surface area contributed by atoms with Gasteiger partial charge < -0.3 is 4.57 Å². The molecule has 2 aromatic carbocycles. The number of thioether (sulfide) groups is 1. The Balaban J connectivity index is 1.57. The Morgan fingerprint density at radius 1 is 1.20 bits per heavy atom. The number of hydrogen-bond donors (Lipinski definition) is 1. The van der Waals surface area contributed by atoms with Crippen molar-refractivity contribution in [2.75, 3.05) is 5.75 Å². The second kappa shape index (κ2) is 9.63. The van der Waals surface area contributed by atoms with Crippen LogP contribution in [0.5, 0.6) is 0 Å². The molecule has 30 heavy (non-hydrogen) atoms. The lowest BCUT2D eigenvalue weighted by Crippen LogP contribution is -2.21. The van der Waals surface area contributed by atoms with Gasteiger partial charge in [-0.3, -0.25) is 14.9 Å². The molecule has 0 radical (unpaired) electrons. The van der Waals surface area contributed by atoms with E-state index in [-0.39, 0.29) is 17.3 Å². The van der Waals surface area contributed by atoms with E-state index in [1.165, 1.54) is 23.9 Å². The number of amides is 1. The predicted molar refractivity (Wildman–Crippen MR) is 118 cm³/mol. The summed E-state index contributed by atoms with van der Waals surface area (Å²) >= 11 is 4.65. The number of carbonyl (C=O) groups excluding carboxylic acids is 1. The van der Waals surface area contributed by atoms with Gasteiger partial charge in [-0.25, -0.2) is 5.43 Å². The van der Waals surface area contributed by atoms with E-state index in [9.17, 15) is 14.9 Å². The highest BCUT2D eigenvalue weighted by Crippen LogP contribution is 2.23. The highest BCUT2D eigenvalue weighted by Gasteiger charge is 2.13.